The van der Waals surface area contributed by atoms with Gasteiger partial charge in [0.05, 0.1) is 24.7 Å². The molecule has 1 heterocycles. The zero-order valence-corrected chi connectivity index (χ0v) is 15.1. The number of ether oxygens (including phenoxy) is 1. The van der Waals surface area contributed by atoms with Gasteiger partial charge in [-0.2, -0.15) is 0 Å². The molecule has 0 aliphatic rings. The summed E-state index contributed by atoms with van der Waals surface area (Å²) in [5.41, 5.74) is 0.100. The van der Waals surface area contributed by atoms with E-state index in [1.165, 1.54) is 23.6 Å². The van der Waals surface area contributed by atoms with Crippen molar-refractivity contribution in [1.29, 1.82) is 0 Å². The summed E-state index contributed by atoms with van der Waals surface area (Å²) in [4.78, 5) is 11.3. The molecule has 2 N–H and O–H groups in total. The number of nitrogens with one attached hydrogen (secondary N) is 2. The zero-order chi connectivity index (χ0) is 18.0. The first-order valence-corrected chi connectivity index (χ1v) is 10.6. The van der Waals surface area contributed by atoms with E-state index in [4.69, 9.17) is 0 Å². The molecule has 0 atom stereocenters. The van der Waals surface area contributed by atoms with Gasteiger partial charge in [-0.1, -0.05) is 12.1 Å². The third kappa shape index (κ3) is 4.24. The topological polar surface area (TPSA) is 119 Å². The predicted octanol–water partition coefficient (Wildman–Crippen LogP) is 1.71. The van der Waals surface area contributed by atoms with Gasteiger partial charge in [-0.05, 0) is 23.6 Å². The van der Waals surface area contributed by atoms with Crippen LogP contribution in [-0.2, 0) is 24.8 Å². The number of thiophene rings is 1. The summed E-state index contributed by atoms with van der Waals surface area (Å²) in [6.45, 7) is 0. The number of para-hydroxylation sites is 2. The molecule has 2 aromatic rings. The highest BCUT2D eigenvalue weighted by molar-refractivity contribution is 7.93. The molecule has 2 rings (SSSR count). The van der Waals surface area contributed by atoms with Gasteiger partial charge >= 0.3 is 5.97 Å². The molecule has 11 heteroatoms. The van der Waals surface area contributed by atoms with Crippen LogP contribution in [0.1, 0.15) is 9.67 Å². The van der Waals surface area contributed by atoms with E-state index in [0.29, 0.717) is 0 Å². The fraction of sp³-hybridized carbons (Fsp3) is 0.154. The number of carbonyl (C=O) groups is 1. The molecular formula is C13H14N2O6S3. The van der Waals surface area contributed by atoms with Gasteiger partial charge in [0.25, 0.3) is 10.0 Å². The third-order valence-corrected chi connectivity index (χ3v) is 5.78. The minimum atomic E-state index is -4.11. The van der Waals surface area contributed by atoms with E-state index in [2.05, 4.69) is 14.2 Å². The molecule has 0 amide bonds. The first-order valence-electron chi connectivity index (χ1n) is 6.39. The monoisotopic (exact) mass is 390 g/mol. The Hall–Kier alpha value is -2.11. The molecular weight excluding hydrogens is 376 g/mol. The van der Waals surface area contributed by atoms with E-state index in [0.717, 1.165) is 24.7 Å². The number of sulfonamides is 2. The quantitative estimate of drug-likeness (QED) is 0.725. The maximum atomic E-state index is 12.5. The van der Waals surface area contributed by atoms with E-state index in [1.54, 1.807) is 12.1 Å². The van der Waals surface area contributed by atoms with Gasteiger partial charge in [0.15, 0.2) is 0 Å². The molecule has 0 spiro atoms. The summed E-state index contributed by atoms with van der Waals surface area (Å²) < 4.78 is 56.9. The van der Waals surface area contributed by atoms with E-state index >= 15 is 0 Å². The summed E-state index contributed by atoms with van der Waals surface area (Å²) in [6, 6.07) is 7.17. The Morgan fingerprint density at radius 3 is 2.17 bits per heavy atom. The van der Waals surface area contributed by atoms with E-state index in [-0.39, 0.29) is 21.1 Å². The molecule has 8 nitrogen and oxygen atoms in total. The minimum absolute atomic E-state index is 0.0324. The number of esters is 1. The molecule has 1 aromatic carbocycles. The summed E-state index contributed by atoms with van der Waals surface area (Å²) in [7, 11) is -6.55. The van der Waals surface area contributed by atoms with Crippen molar-refractivity contribution in [3.63, 3.8) is 0 Å². The number of hydrogen-bond donors (Lipinski definition) is 2. The first-order chi connectivity index (χ1) is 11.1. The number of anilines is 2. The Balaban J connectivity index is 2.41. The number of methoxy groups -OCH3 is 1. The van der Waals surface area contributed by atoms with Gasteiger partial charge in [0.2, 0.25) is 10.0 Å². The van der Waals surface area contributed by atoms with E-state index in [9.17, 15) is 21.6 Å². The molecule has 0 radical (unpaired) electrons. The van der Waals surface area contributed by atoms with Gasteiger partial charge in [-0.15, -0.1) is 11.3 Å². The summed E-state index contributed by atoms with van der Waals surface area (Å²) in [6.07, 6.45) is 0.951. The van der Waals surface area contributed by atoms with Gasteiger partial charge in [-0.3, -0.25) is 9.44 Å². The van der Waals surface area contributed by atoms with Crippen molar-refractivity contribution >= 4 is 48.7 Å². The summed E-state index contributed by atoms with van der Waals surface area (Å²) in [5.74, 6) is -0.770. The van der Waals surface area contributed by atoms with E-state index in [1.807, 2.05) is 0 Å². The Labute approximate surface area is 143 Å². The highest BCUT2D eigenvalue weighted by Gasteiger charge is 2.25. The van der Waals surface area contributed by atoms with Gasteiger partial charge < -0.3 is 4.74 Å². The molecule has 0 saturated heterocycles. The maximum Gasteiger partial charge on any atom is 0.349 e. The Kier molecular flexibility index (Phi) is 5.16. The van der Waals surface area contributed by atoms with Gasteiger partial charge in [0.1, 0.15) is 9.77 Å². The molecule has 1 aromatic heterocycles. The normalized spacial score (nSPS) is 11.8. The predicted molar refractivity (Wildman–Crippen MR) is 91.4 cm³/mol. The largest absolute Gasteiger partial charge is 0.465 e. The molecule has 130 valence electrons. The lowest BCUT2D eigenvalue weighted by molar-refractivity contribution is 0.0602. The smallest absolute Gasteiger partial charge is 0.349 e. The summed E-state index contributed by atoms with van der Waals surface area (Å²) >= 11 is 0.929. The highest BCUT2D eigenvalue weighted by atomic mass is 32.2. The van der Waals surface area contributed by atoms with Crippen LogP contribution in [0.3, 0.4) is 0 Å². The Morgan fingerprint density at radius 2 is 1.62 bits per heavy atom. The lowest BCUT2D eigenvalue weighted by Gasteiger charge is -2.13. The Bertz CT molecular complexity index is 963. The van der Waals surface area contributed by atoms with Crippen LogP contribution in [0.15, 0.2) is 40.6 Å². The van der Waals surface area contributed by atoms with Crippen molar-refractivity contribution in [1.82, 2.24) is 0 Å². The second kappa shape index (κ2) is 6.79. The number of carbonyl (C=O) groups excluding carboxylic acids is 1. The van der Waals surface area contributed by atoms with Crippen LogP contribution in [0.25, 0.3) is 0 Å². The summed E-state index contributed by atoms with van der Waals surface area (Å²) in [5, 5.41) is 1.45. The fourth-order valence-corrected chi connectivity index (χ4v) is 4.80. The van der Waals surface area contributed by atoms with E-state index < -0.39 is 26.0 Å². The van der Waals surface area contributed by atoms with Crippen molar-refractivity contribution in [2.75, 3.05) is 22.8 Å². The SMILES string of the molecule is COC(=O)c1sccc1S(=O)(=O)Nc1ccccc1NS(C)(=O)=O. The van der Waals surface area contributed by atoms with Crippen molar-refractivity contribution in [2.24, 2.45) is 0 Å². The average molecular weight is 390 g/mol. The minimum Gasteiger partial charge on any atom is -0.465 e. The lowest BCUT2D eigenvalue weighted by Crippen LogP contribution is -2.18. The van der Waals surface area contributed by atoms with Gasteiger partial charge in [0, 0.05) is 0 Å². The molecule has 0 unspecified atom stereocenters. The maximum absolute atomic E-state index is 12.5. The molecule has 0 bridgehead atoms. The van der Waals surface area contributed by atoms with Crippen molar-refractivity contribution in [3.05, 3.63) is 40.6 Å². The fourth-order valence-electron chi connectivity index (χ4n) is 1.81. The van der Waals surface area contributed by atoms with Crippen LogP contribution in [0.5, 0.6) is 0 Å². The van der Waals surface area contributed by atoms with Crippen LogP contribution in [-0.4, -0.2) is 36.2 Å². The zero-order valence-electron chi connectivity index (χ0n) is 12.6. The van der Waals surface area contributed by atoms with Crippen LogP contribution in [0.2, 0.25) is 0 Å². The van der Waals surface area contributed by atoms with Crippen molar-refractivity contribution in [2.45, 2.75) is 4.90 Å². The second-order valence-corrected chi connectivity index (χ2v) is 8.95. The third-order valence-electron chi connectivity index (χ3n) is 2.76. The molecule has 0 saturated carbocycles. The average Bonchev–Trinajstić information content (AvgIpc) is 2.97. The second-order valence-electron chi connectivity index (χ2n) is 4.63. The first kappa shape index (κ1) is 18.2. The van der Waals surface area contributed by atoms with Crippen LogP contribution in [0, 0.1) is 0 Å². The standard InChI is InChI=1S/C13H14N2O6S3/c1-21-13(16)12-11(7-8-22-12)24(19,20)15-10-6-4-3-5-9(10)14-23(2,17)18/h3-8,14-15H,1-2H3. The Morgan fingerprint density at radius 1 is 1.04 bits per heavy atom. The van der Waals surface area contributed by atoms with Crippen LogP contribution in [0.4, 0.5) is 11.4 Å². The van der Waals surface area contributed by atoms with Crippen LogP contribution < -0.4 is 9.44 Å². The number of hydrogen-bond acceptors (Lipinski definition) is 7. The lowest BCUT2D eigenvalue weighted by atomic mass is 10.3. The molecule has 0 aliphatic carbocycles. The molecule has 0 fully saturated rings. The highest BCUT2D eigenvalue weighted by Crippen LogP contribution is 2.28. The number of rotatable bonds is 6. The van der Waals surface area contributed by atoms with Crippen molar-refractivity contribution < 1.29 is 26.4 Å². The molecule has 24 heavy (non-hydrogen) atoms. The van der Waals surface area contributed by atoms with Crippen LogP contribution >= 0.6 is 11.3 Å². The van der Waals surface area contributed by atoms with Crippen molar-refractivity contribution in [3.8, 4) is 0 Å². The number of benzene rings is 1. The molecule has 0 aliphatic heterocycles. The van der Waals surface area contributed by atoms with Gasteiger partial charge in [-0.25, -0.2) is 21.6 Å².